The summed E-state index contributed by atoms with van der Waals surface area (Å²) in [6.07, 6.45) is -0.958. The highest BCUT2D eigenvalue weighted by molar-refractivity contribution is 8.00. The van der Waals surface area contributed by atoms with Crippen LogP contribution in [0.2, 0.25) is 0 Å². The normalized spacial score (nSPS) is 11.5. The van der Waals surface area contributed by atoms with Gasteiger partial charge in [0.05, 0.1) is 11.4 Å². The van der Waals surface area contributed by atoms with Crippen molar-refractivity contribution in [3.05, 3.63) is 59.7 Å². The van der Waals surface area contributed by atoms with Crippen molar-refractivity contribution in [1.82, 2.24) is 0 Å². The Bertz CT molecular complexity index is 819. The lowest BCUT2D eigenvalue weighted by Gasteiger charge is -2.15. The van der Waals surface area contributed by atoms with Crippen LogP contribution < -0.4 is 5.32 Å². The number of ether oxygens (including phenoxy) is 1. The summed E-state index contributed by atoms with van der Waals surface area (Å²) in [5, 5.41) is 2.64. The number of aryl methyl sites for hydroxylation is 1. The number of carbonyl (C=O) groups is 3. The monoisotopic (exact) mass is 371 g/mol. The van der Waals surface area contributed by atoms with Gasteiger partial charge < -0.3 is 10.1 Å². The minimum absolute atomic E-state index is 0.118. The number of anilines is 1. The van der Waals surface area contributed by atoms with Crippen LogP contribution in [-0.4, -0.2) is 29.5 Å². The third-order valence-electron chi connectivity index (χ3n) is 3.68. The molecule has 0 bridgehead atoms. The van der Waals surface area contributed by atoms with E-state index in [2.05, 4.69) is 5.32 Å². The van der Waals surface area contributed by atoms with Gasteiger partial charge in [0, 0.05) is 10.5 Å². The summed E-state index contributed by atoms with van der Waals surface area (Å²) < 4.78 is 5.19. The SMILES string of the molecule is CC(=O)c1ccccc1NC(=O)[C@H](C)OC(=O)CSc1ccccc1C. The average molecular weight is 371 g/mol. The van der Waals surface area contributed by atoms with E-state index in [-0.39, 0.29) is 11.5 Å². The minimum atomic E-state index is -0.958. The average Bonchev–Trinajstić information content (AvgIpc) is 2.61. The number of amides is 1. The predicted molar refractivity (Wildman–Crippen MR) is 103 cm³/mol. The minimum Gasteiger partial charge on any atom is -0.452 e. The Balaban J connectivity index is 1.90. The molecule has 0 saturated carbocycles. The molecule has 1 N–H and O–H groups in total. The Morgan fingerprint density at radius 2 is 1.73 bits per heavy atom. The molecular weight excluding hydrogens is 350 g/mol. The summed E-state index contributed by atoms with van der Waals surface area (Å²) in [5.41, 5.74) is 1.90. The summed E-state index contributed by atoms with van der Waals surface area (Å²) in [4.78, 5) is 36.8. The van der Waals surface area contributed by atoms with Crippen LogP contribution in [0.25, 0.3) is 0 Å². The third-order valence-corrected chi connectivity index (χ3v) is 4.83. The molecule has 1 amide bonds. The number of nitrogens with one attached hydrogen (secondary N) is 1. The molecule has 0 radical (unpaired) electrons. The van der Waals surface area contributed by atoms with Crippen LogP contribution in [0.1, 0.15) is 29.8 Å². The number of Topliss-reactive ketones (excluding diaryl/α,β-unsaturated/α-hetero) is 1. The molecule has 0 fully saturated rings. The maximum atomic E-state index is 12.2. The lowest BCUT2D eigenvalue weighted by Crippen LogP contribution is -2.31. The highest BCUT2D eigenvalue weighted by atomic mass is 32.2. The summed E-state index contributed by atoms with van der Waals surface area (Å²) >= 11 is 1.37. The molecular formula is C20H21NO4S. The predicted octanol–water partition coefficient (Wildman–Crippen LogP) is 3.86. The lowest BCUT2D eigenvalue weighted by molar-refractivity contribution is -0.150. The van der Waals surface area contributed by atoms with E-state index in [4.69, 9.17) is 4.74 Å². The van der Waals surface area contributed by atoms with Crippen molar-refractivity contribution in [3.8, 4) is 0 Å². The van der Waals surface area contributed by atoms with Crippen LogP contribution in [-0.2, 0) is 14.3 Å². The Hall–Kier alpha value is -2.60. The van der Waals surface area contributed by atoms with E-state index in [1.807, 2.05) is 31.2 Å². The third kappa shape index (κ3) is 5.46. The quantitative estimate of drug-likeness (QED) is 0.454. The molecule has 0 spiro atoms. The number of para-hydroxylation sites is 1. The zero-order chi connectivity index (χ0) is 19.1. The summed E-state index contributed by atoms with van der Waals surface area (Å²) in [5.74, 6) is -0.985. The summed E-state index contributed by atoms with van der Waals surface area (Å²) in [6, 6.07) is 14.4. The molecule has 0 aromatic heterocycles. The van der Waals surface area contributed by atoms with Gasteiger partial charge in [-0.1, -0.05) is 30.3 Å². The molecule has 26 heavy (non-hydrogen) atoms. The number of hydrogen-bond acceptors (Lipinski definition) is 5. The smallest absolute Gasteiger partial charge is 0.317 e. The number of carbonyl (C=O) groups excluding carboxylic acids is 3. The fourth-order valence-corrected chi connectivity index (χ4v) is 3.09. The molecule has 2 aromatic carbocycles. The van der Waals surface area contributed by atoms with E-state index in [0.717, 1.165) is 10.5 Å². The van der Waals surface area contributed by atoms with Gasteiger partial charge in [-0.2, -0.15) is 0 Å². The molecule has 0 saturated heterocycles. The van der Waals surface area contributed by atoms with Gasteiger partial charge in [-0.25, -0.2) is 0 Å². The van der Waals surface area contributed by atoms with Crippen molar-refractivity contribution in [1.29, 1.82) is 0 Å². The largest absolute Gasteiger partial charge is 0.452 e. The van der Waals surface area contributed by atoms with Crippen molar-refractivity contribution in [2.75, 3.05) is 11.1 Å². The fourth-order valence-electron chi connectivity index (χ4n) is 2.27. The molecule has 5 nitrogen and oxygen atoms in total. The maximum Gasteiger partial charge on any atom is 0.317 e. The van der Waals surface area contributed by atoms with E-state index < -0.39 is 18.0 Å². The number of benzene rings is 2. The van der Waals surface area contributed by atoms with Gasteiger partial charge in [-0.15, -0.1) is 11.8 Å². The molecule has 0 aliphatic rings. The molecule has 1 atom stereocenters. The van der Waals surface area contributed by atoms with Crippen LogP contribution in [0.15, 0.2) is 53.4 Å². The Labute approximate surface area is 157 Å². The maximum absolute atomic E-state index is 12.2. The Morgan fingerprint density at radius 1 is 1.08 bits per heavy atom. The standard InChI is InChI=1S/C20H21NO4S/c1-13-8-4-7-11-18(13)26-12-19(23)25-15(3)20(24)21-17-10-6-5-9-16(17)14(2)22/h4-11,15H,12H2,1-3H3,(H,21,24)/t15-/m0/s1. The molecule has 2 rings (SSSR count). The van der Waals surface area contributed by atoms with Crippen molar-refractivity contribution in [2.45, 2.75) is 31.8 Å². The Morgan fingerprint density at radius 3 is 2.42 bits per heavy atom. The van der Waals surface area contributed by atoms with E-state index in [9.17, 15) is 14.4 Å². The zero-order valence-electron chi connectivity index (χ0n) is 14.9. The molecule has 0 aliphatic heterocycles. The number of rotatable bonds is 7. The number of ketones is 1. The van der Waals surface area contributed by atoms with Crippen molar-refractivity contribution >= 4 is 35.1 Å². The molecule has 0 heterocycles. The first-order chi connectivity index (χ1) is 12.4. The number of thioether (sulfide) groups is 1. The van der Waals surface area contributed by atoms with Crippen LogP contribution in [0, 0.1) is 6.92 Å². The second kappa shape index (κ2) is 9.20. The van der Waals surface area contributed by atoms with E-state index in [1.54, 1.807) is 24.3 Å². The highest BCUT2D eigenvalue weighted by Crippen LogP contribution is 2.22. The van der Waals surface area contributed by atoms with Crippen molar-refractivity contribution < 1.29 is 19.1 Å². The van der Waals surface area contributed by atoms with Gasteiger partial charge in [0.1, 0.15) is 0 Å². The van der Waals surface area contributed by atoms with E-state index >= 15 is 0 Å². The highest BCUT2D eigenvalue weighted by Gasteiger charge is 2.19. The summed E-state index contributed by atoms with van der Waals surface area (Å²) in [6.45, 7) is 4.90. The van der Waals surface area contributed by atoms with Crippen LogP contribution >= 0.6 is 11.8 Å². The van der Waals surface area contributed by atoms with Gasteiger partial charge >= 0.3 is 5.97 Å². The van der Waals surface area contributed by atoms with E-state index in [1.165, 1.54) is 25.6 Å². The lowest BCUT2D eigenvalue weighted by atomic mass is 10.1. The first kappa shape index (κ1) is 19.7. The fraction of sp³-hybridized carbons (Fsp3) is 0.250. The van der Waals surface area contributed by atoms with Crippen molar-refractivity contribution in [3.63, 3.8) is 0 Å². The van der Waals surface area contributed by atoms with Gasteiger partial charge in [0.2, 0.25) is 0 Å². The first-order valence-electron chi connectivity index (χ1n) is 8.17. The van der Waals surface area contributed by atoms with Gasteiger partial charge in [0.15, 0.2) is 11.9 Å². The zero-order valence-corrected chi connectivity index (χ0v) is 15.8. The molecule has 2 aromatic rings. The molecule has 136 valence electrons. The van der Waals surface area contributed by atoms with Gasteiger partial charge in [-0.3, -0.25) is 14.4 Å². The van der Waals surface area contributed by atoms with Crippen LogP contribution in [0.3, 0.4) is 0 Å². The van der Waals surface area contributed by atoms with E-state index in [0.29, 0.717) is 11.3 Å². The molecule has 0 aliphatic carbocycles. The van der Waals surface area contributed by atoms with Gasteiger partial charge in [-0.05, 0) is 44.5 Å². The first-order valence-corrected chi connectivity index (χ1v) is 9.15. The topological polar surface area (TPSA) is 72.5 Å². The number of hydrogen-bond donors (Lipinski definition) is 1. The Kier molecular flexibility index (Phi) is 6.97. The van der Waals surface area contributed by atoms with Crippen LogP contribution in [0.5, 0.6) is 0 Å². The number of esters is 1. The van der Waals surface area contributed by atoms with Gasteiger partial charge in [0.25, 0.3) is 5.91 Å². The molecule has 6 heteroatoms. The molecule has 0 unspecified atom stereocenters. The summed E-state index contributed by atoms with van der Waals surface area (Å²) in [7, 11) is 0. The van der Waals surface area contributed by atoms with Crippen molar-refractivity contribution in [2.24, 2.45) is 0 Å². The second-order valence-corrected chi connectivity index (χ2v) is 6.79. The second-order valence-electron chi connectivity index (χ2n) is 5.78. The van der Waals surface area contributed by atoms with Crippen LogP contribution in [0.4, 0.5) is 5.69 Å².